The zero-order chi connectivity index (χ0) is 0. The second-order valence-electron chi connectivity index (χ2n) is 0. The fraction of sp³-hybridized carbons (Fsp3) is 0. The summed E-state index contributed by atoms with van der Waals surface area (Å²) < 4.78 is 0. The van der Waals surface area contributed by atoms with E-state index in [0.29, 0.717) is 0 Å². The Kier molecular flexibility index (Phi) is 166. The van der Waals surface area contributed by atoms with Crippen LogP contribution >= 0.6 is 0 Å². The van der Waals surface area contributed by atoms with Gasteiger partial charge in [0.2, 0.25) is 0 Å². The van der Waals surface area contributed by atoms with Gasteiger partial charge in [0.15, 0.2) is 0 Å². The van der Waals surface area contributed by atoms with Crippen molar-refractivity contribution in [3.63, 3.8) is 0 Å². The summed E-state index contributed by atoms with van der Waals surface area (Å²) in [5.41, 5.74) is 0. The van der Waals surface area contributed by atoms with Crippen molar-refractivity contribution in [2.75, 3.05) is 0 Å². The zero-order valence-corrected chi connectivity index (χ0v) is 6.94. The molecule has 0 aromatic rings. The first-order valence-electron chi connectivity index (χ1n) is 0. The molecule has 0 heterocycles. The molecule has 0 rings (SSSR count). The molecular weight excluding hydrogens is 146 g/mol. The SMILES string of the molecule is O.[Co].[H-].[Na+].[Ti]. The van der Waals surface area contributed by atoms with Crippen molar-refractivity contribution in [3.8, 4) is 0 Å². The molecule has 0 aliphatic carbocycles. The van der Waals surface area contributed by atoms with Crippen LogP contribution in [0.4, 0.5) is 0 Å². The molecule has 4 heavy (non-hydrogen) atoms. The molecule has 1 nitrogen and oxygen atoms in total. The molecule has 1 radical (unpaired) electrons. The van der Waals surface area contributed by atoms with E-state index in [9.17, 15) is 0 Å². The Bertz CT molecular complexity index is 11.6. The molecule has 0 fully saturated rings. The van der Waals surface area contributed by atoms with Crippen molar-refractivity contribution >= 4 is 0 Å². The molecular formula is H3CoNaOTi. The van der Waals surface area contributed by atoms with Crippen LogP contribution in [0.1, 0.15) is 1.43 Å². The predicted octanol–water partition coefficient (Wildman–Crippen LogP) is -3.71. The van der Waals surface area contributed by atoms with Crippen LogP contribution in [0.15, 0.2) is 0 Å². The van der Waals surface area contributed by atoms with Crippen molar-refractivity contribution in [2.24, 2.45) is 0 Å². The summed E-state index contributed by atoms with van der Waals surface area (Å²) in [6, 6.07) is 0. The molecule has 0 saturated carbocycles. The monoisotopic (exact) mass is 149 g/mol. The van der Waals surface area contributed by atoms with Gasteiger partial charge in [-0.05, 0) is 0 Å². The minimum atomic E-state index is 0. The molecule has 0 bridgehead atoms. The molecule has 0 aromatic heterocycles. The van der Waals surface area contributed by atoms with Gasteiger partial charge < -0.3 is 6.90 Å². The van der Waals surface area contributed by atoms with Gasteiger partial charge in [-0.25, -0.2) is 0 Å². The molecule has 0 unspecified atom stereocenters. The maximum atomic E-state index is 0. The van der Waals surface area contributed by atoms with Gasteiger partial charge in [0.25, 0.3) is 0 Å². The maximum absolute atomic E-state index is 0. The van der Waals surface area contributed by atoms with E-state index in [1.54, 1.807) is 0 Å². The minimum Gasteiger partial charge on any atom is -1.00 e. The van der Waals surface area contributed by atoms with Gasteiger partial charge in [-0.1, -0.05) is 0 Å². The zero-order valence-electron chi connectivity index (χ0n) is 3.33. The van der Waals surface area contributed by atoms with Gasteiger partial charge in [0, 0.05) is 38.5 Å². The Labute approximate surface area is 74.1 Å². The van der Waals surface area contributed by atoms with Crippen molar-refractivity contribution < 1.29 is 75.0 Å². The Morgan fingerprint density at radius 3 is 1.25 bits per heavy atom. The normalized spacial score (nSPS) is 0. The van der Waals surface area contributed by atoms with E-state index < -0.39 is 0 Å². The largest absolute Gasteiger partial charge is 1.00 e. The summed E-state index contributed by atoms with van der Waals surface area (Å²) >= 11 is 0. The first-order chi connectivity index (χ1) is 0. The third kappa shape index (κ3) is 8.89. The molecule has 0 aliphatic heterocycles. The summed E-state index contributed by atoms with van der Waals surface area (Å²) in [6.07, 6.45) is 0. The number of rotatable bonds is 0. The Balaban J connectivity index is 0. The van der Waals surface area contributed by atoms with E-state index in [-0.39, 0.29) is 75.0 Å². The third-order valence-electron chi connectivity index (χ3n) is 0. The Morgan fingerprint density at radius 1 is 1.25 bits per heavy atom. The van der Waals surface area contributed by atoms with Crippen LogP contribution in [0, 0.1) is 0 Å². The summed E-state index contributed by atoms with van der Waals surface area (Å²) in [4.78, 5) is 0. The third-order valence-corrected chi connectivity index (χ3v) is 0. The van der Waals surface area contributed by atoms with Crippen LogP contribution < -0.4 is 29.6 Å². The number of hydrogen-bond acceptors (Lipinski definition) is 0. The van der Waals surface area contributed by atoms with Gasteiger partial charge in [-0.15, -0.1) is 0 Å². The summed E-state index contributed by atoms with van der Waals surface area (Å²) in [6.45, 7) is 0. The summed E-state index contributed by atoms with van der Waals surface area (Å²) in [5, 5.41) is 0. The maximum Gasteiger partial charge on any atom is 1.00 e. The van der Waals surface area contributed by atoms with Crippen molar-refractivity contribution in [2.45, 2.75) is 0 Å². The van der Waals surface area contributed by atoms with Crippen LogP contribution in [0.3, 0.4) is 0 Å². The van der Waals surface area contributed by atoms with Crippen molar-refractivity contribution in [1.29, 1.82) is 0 Å². The van der Waals surface area contributed by atoms with Gasteiger partial charge >= 0.3 is 29.6 Å². The fourth-order valence-corrected chi connectivity index (χ4v) is 0. The summed E-state index contributed by atoms with van der Waals surface area (Å²) in [7, 11) is 0. The van der Waals surface area contributed by atoms with E-state index in [0.717, 1.165) is 0 Å². The smallest absolute Gasteiger partial charge is 1.00 e. The van der Waals surface area contributed by atoms with E-state index in [1.165, 1.54) is 0 Å². The van der Waals surface area contributed by atoms with Gasteiger partial charge in [0.05, 0.1) is 0 Å². The molecule has 0 spiro atoms. The fourth-order valence-electron chi connectivity index (χ4n) is 0. The van der Waals surface area contributed by atoms with E-state index in [2.05, 4.69) is 0 Å². The Morgan fingerprint density at radius 2 is 1.25 bits per heavy atom. The average molecular weight is 149 g/mol. The molecule has 0 aliphatic rings. The second-order valence-corrected chi connectivity index (χ2v) is 0. The van der Waals surface area contributed by atoms with Crippen LogP contribution in [0.25, 0.3) is 0 Å². The predicted molar refractivity (Wildman–Crippen MR) is 4.73 cm³/mol. The summed E-state index contributed by atoms with van der Waals surface area (Å²) in [5.74, 6) is 0. The van der Waals surface area contributed by atoms with Crippen LogP contribution in [0.5, 0.6) is 0 Å². The molecule has 0 atom stereocenters. The number of hydrogen-bond donors (Lipinski definition) is 0. The van der Waals surface area contributed by atoms with Crippen LogP contribution in [-0.2, 0) is 38.5 Å². The minimum absolute atomic E-state index is 0. The Hall–Kier alpha value is 2.18. The quantitative estimate of drug-likeness (QED) is 0.317. The second kappa shape index (κ2) is 19.0. The molecule has 0 saturated heterocycles. The standard InChI is InChI=1S/Co.Na.H2O.Ti.H/h;;1H2;;/q;+1;;;-1. The van der Waals surface area contributed by atoms with Crippen molar-refractivity contribution in [1.82, 2.24) is 0 Å². The van der Waals surface area contributed by atoms with Gasteiger partial charge in [-0.3, -0.25) is 0 Å². The van der Waals surface area contributed by atoms with E-state index >= 15 is 0 Å². The van der Waals surface area contributed by atoms with Crippen LogP contribution in [-0.4, -0.2) is 5.48 Å². The van der Waals surface area contributed by atoms with E-state index in [1.807, 2.05) is 0 Å². The first kappa shape index (κ1) is 34.9. The molecule has 0 aromatic carbocycles. The van der Waals surface area contributed by atoms with Crippen molar-refractivity contribution in [3.05, 3.63) is 0 Å². The first-order valence-corrected chi connectivity index (χ1v) is 0. The molecule has 0 amide bonds. The molecule has 2 N–H and O–H groups in total. The van der Waals surface area contributed by atoms with Gasteiger partial charge in [-0.2, -0.15) is 0 Å². The van der Waals surface area contributed by atoms with E-state index in [4.69, 9.17) is 0 Å². The van der Waals surface area contributed by atoms with Crippen LogP contribution in [0.2, 0.25) is 0 Å². The topological polar surface area (TPSA) is 31.5 Å². The molecule has 4 heteroatoms. The van der Waals surface area contributed by atoms with Gasteiger partial charge in [0.1, 0.15) is 0 Å². The molecule has 23 valence electrons. The average Bonchev–Trinajstić information content (AvgIpc) is 0.